The molecule has 0 saturated heterocycles. The summed E-state index contributed by atoms with van der Waals surface area (Å²) in [6, 6.07) is 8.46. The lowest BCUT2D eigenvalue weighted by atomic mass is 9.91. The predicted molar refractivity (Wildman–Crippen MR) is 80.6 cm³/mol. The number of aromatic nitrogens is 2. The second-order valence-corrected chi connectivity index (χ2v) is 4.94. The first kappa shape index (κ1) is 14.0. The van der Waals surface area contributed by atoms with E-state index >= 15 is 0 Å². The third kappa shape index (κ3) is 3.14. The number of benzene rings is 1. The Bertz CT molecular complexity index is 546. The van der Waals surface area contributed by atoms with Crippen molar-refractivity contribution in [2.75, 3.05) is 5.32 Å². The van der Waals surface area contributed by atoms with E-state index in [0.717, 1.165) is 29.7 Å². The number of anilines is 1. The first-order chi connectivity index (χ1) is 8.83. The molecule has 0 spiro atoms. The van der Waals surface area contributed by atoms with Crippen LogP contribution in [0.3, 0.4) is 0 Å². The highest BCUT2D eigenvalue weighted by Gasteiger charge is 2.21. The van der Waals surface area contributed by atoms with Gasteiger partial charge in [-0.2, -0.15) is 0 Å². The highest BCUT2D eigenvalue weighted by Crippen LogP contribution is 2.20. The van der Waals surface area contributed by atoms with Crippen LogP contribution < -0.4 is 11.1 Å². The van der Waals surface area contributed by atoms with Crippen LogP contribution in [0, 0.1) is 0 Å². The average molecular weight is 279 g/mol. The SMILES string of the molecule is Cl.NC1CCCCC1Nc1cnc2ccccc2n1. The number of rotatable bonds is 2. The number of hydrogen-bond acceptors (Lipinski definition) is 4. The fraction of sp³-hybridized carbons (Fsp3) is 0.429. The molecule has 1 fully saturated rings. The van der Waals surface area contributed by atoms with Gasteiger partial charge in [-0.25, -0.2) is 4.98 Å². The molecule has 0 aliphatic heterocycles. The zero-order valence-corrected chi connectivity index (χ0v) is 11.6. The second kappa shape index (κ2) is 6.17. The van der Waals surface area contributed by atoms with Crippen LogP contribution in [0.4, 0.5) is 5.82 Å². The Morgan fingerprint density at radius 3 is 2.63 bits per heavy atom. The van der Waals surface area contributed by atoms with Gasteiger partial charge in [-0.3, -0.25) is 4.98 Å². The van der Waals surface area contributed by atoms with Gasteiger partial charge in [0.1, 0.15) is 5.82 Å². The fourth-order valence-corrected chi connectivity index (χ4v) is 2.56. The molecule has 3 rings (SSSR count). The van der Waals surface area contributed by atoms with Crippen molar-refractivity contribution in [1.82, 2.24) is 9.97 Å². The summed E-state index contributed by atoms with van der Waals surface area (Å²) in [6.45, 7) is 0. The minimum Gasteiger partial charge on any atom is -0.364 e. The molecule has 2 aromatic rings. The molecule has 1 aliphatic rings. The summed E-state index contributed by atoms with van der Waals surface area (Å²) in [6.07, 6.45) is 6.49. The van der Waals surface area contributed by atoms with Crippen molar-refractivity contribution in [3.8, 4) is 0 Å². The Hall–Kier alpha value is -1.39. The molecule has 5 heteroatoms. The lowest BCUT2D eigenvalue weighted by Gasteiger charge is -2.29. The number of nitrogens with one attached hydrogen (secondary N) is 1. The second-order valence-electron chi connectivity index (χ2n) is 4.94. The van der Waals surface area contributed by atoms with Crippen molar-refractivity contribution in [1.29, 1.82) is 0 Å². The summed E-state index contributed by atoms with van der Waals surface area (Å²) in [5, 5.41) is 3.42. The normalized spacial score (nSPS) is 22.8. The van der Waals surface area contributed by atoms with Gasteiger partial charge < -0.3 is 11.1 Å². The van der Waals surface area contributed by atoms with Crippen molar-refractivity contribution >= 4 is 29.3 Å². The Morgan fingerprint density at radius 1 is 1.11 bits per heavy atom. The molecular weight excluding hydrogens is 260 g/mol. The van der Waals surface area contributed by atoms with Crippen molar-refractivity contribution < 1.29 is 0 Å². The van der Waals surface area contributed by atoms with Gasteiger partial charge in [-0.15, -0.1) is 12.4 Å². The van der Waals surface area contributed by atoms with E-state index in [9.17, 15) is 0 Å². The van der Waals surface area contributed by atoms with E-state index in [2.05, 4.69) is 15.3 Å². The Labute approximate surface area is 119 Å². The summed E-state index contributed by atoms with van der Waals surface area (Å²) in [5.41, 5.74) is 7.98. The van der Waals surface area contributed by atoms with Crippen molar-refractivity contribution in [3.05, 3.63) is 30.5 Å². The average Bonchev–Trinajstić information content (AvgIpc) is 2.41. The molecule has 0 radical (unpaired) electrons. The molecule has 0 amide bonds. The van der Waals surface area contributed by atoms with Gasteiger partial charge in [0.25, 0.3) is 0 Å². The lowest BCUT2D eigenvalue weighted by molar-refractivity contribution is 0.403. The maximum Gasteiger partial charge on any atom is 0.145 e. The molecule has 1 aliphatic carbocycles. The predicted octanol–water partition coefficient (Wildman–Crippen LogP) is 2.73. The third-order valence-electron chi connectivity index (χ3n) is 3.60. The third-order valence-corrected chi connectivity index (χ3v) is 3.60. The van der Waals surface area contributed by atoms with Crippen molar-refractivity contribution in [3.63, 3.8) is 0 Å². The topological polar surface area (TPSA) is 63.8 Å². The molecule has 2 atom stereocenters. The molecule has 19 heavy (non-hydrogen) atoms. The first-order valence-corrected chi connectivity index (χ1v) is 6.57. The van der Waals surface area contributed by atoms with E-state index in [0.29, 0.717) is 6.04 Å². The largest absolute Gasteiger partial charge is 0.364 e. The highest BCUT2D eigenvalue weighted by molar-refractivity contribution is 5.85. The first-order valence-electron chi connectivity index (χ1n) is 6.57. The molecule has 102 valence electrons. The van der Waals surface area contributed by atoms with Gasteiger partial charge in [-0.05, 0) is 25.0 Å². The molecule has 1 saturated carbocycles. The van der Waals surface area contributed by atoms with E-state index in [1.165, 1.54) is 12.8 Å². The standard InChI is InChI=1S/C14H18N4.ClH/c15-10-5-1-2-6-11(10)17-14-9-16-12-7-3-4-8-13(12)18-14;/h3-4,7-11H,1-2,5-6,15H2,(H,17,18);1H. The van der Waals surface area contributed by atoms with E-state index in [1.807, 2.05) is 24.3 Å². The molecule has 1 aromatic heterocycles. The van der Waals surface area contributed by atoms with Gasteiger partial charge in [0.2, 0.25) is 0 Å². The van der Waals surface area contributed by atoms with E-state index in [-0.39, 0.29) is 18.4 Å². The lowest BCUT2D eigenvalue weighted by Crippen LogP contribution is -2.42. The Balaban J connectivity index is 0.00000133. The van der Waals surface area contributed by atoms with Gasteiger partial charge in [0.15, 0.2) is 0 Å². The van der Waals surface area contributed by atoms with E-state index < -0.39 is 0 Å². The number of para-hydroxylation sites is 2. The highest BCUT2D eigenvalue weighted by atomic mass is 35.5. The van der Waals surface area contributed by atoms with Crippen LogP contribution in [-0.2, 0) is 0 Å². The summed E-state index contributed by atoms with van der Waals surface area (Å²) in [7, 11) is 0. The number of hydrogen-bond donors (Lipinski definition) is 2. The molecule has 0 bridgehead atoms. The number of nitrogens with two attached hydrogens (primary N) is 1. The van der Waals surface area contributed by atoms with Crippen LogP contribution >= 0.6 is 12.4 Å². The monoisotopic (exact) mass is 278 g/mol. The fourth-order valence-electron chi connectivity index (χ4n) is 2.56. The minimum absolute atomic E-state index is 0. The quantitative estimate of drug-likeness (QED) is 0.887. The Morgan fingerprint density at radius 2 is 1.84 bits per heavy atom. The summed E-state index contributed by atoms with van der Waals surface area (Å²) in [4.78, 5) is 8.98. The van der Waals surface area contributed by atoms with E-state index in [4.69, 9.17) is 5.73 Å². The maximum atomic E-state index is 6.13. The number of halogens is 1. The van der Waals surface area contributed by atoms with E-state index in [1.54, 1.807) is 6.20 Å². The van der Waals surface area contributed by atoms with Gasteiger partial charge in [0.05, 0.1) is 17.2 Å². The molecule has 2 unspecified atom stereocenters. The molecular formula is C14H19ClN4. The smallest absolute Gasteiger partial charge is 0.145 e. The summed E-state index contributed by atoms with van der Waals surface area (Å²) in [5.74, 6) is 0.830. The van der Waals surface area contributed by atoms with Crippen LogP contribution in [0.15, 0.2) is 30.5 Å². The molecule has 3 N–H and O–H groups in total. The zero-order valence-electron chi connectivity index (χ0n) is 10.7. The van der Waals surface area contributed by atoms with Crippen LogP contribution in [0.1, 0.15) is 25.7 Å². The Kier molecular flexibility index (Phi) is 4.56. The van der Waals surface area contributed by atoms with Crippen LogP contribution in [-0.4, -0.2) is 22.1 Å². The number of fused-ring (bicyclic) bond motifs is 1. The molecule has 1 aromatic carbocycles. The molecule has 1 heterocycles. The van der Waals surface area contributed by atoms with Crippen LogP contribution in [0.2, 0.25) is 0 Å². The molecule has 4 nitrogen and oxygen atoms in total. The van der Waals surface area contributed by atoms with Crippen molar-refractivity contribution in [2.45, 2.75) is 37.8 Å². The van der Waals surface area contributed by atoms with Crippen LogP contribution in [0.5, 0.6) is 0 Å². The summed E-state index contributed by atoms with van der Waals surface area (Å²) >= 11 is 0. The maximum absolute atomic E-state index is 6.13. The summed E-state index contributed by atoms with van der Waals surface area (Å²) < 4.78 is 0. The minimum atomic E-state index is 0. The van der Waals surface area contributed by atoms with Gasteiger partial charge in [-0.1, -0.05) is 25.0 Å². The number of nitrogens with zero attached hydrogens (tertiary/aromatic N) is 2. The van der Waals surface area contributed by atoms with Gasteiger partial charge in [0, 0.05) is 12.1 Å². The zero-order chi connectivity index (χ0) is 12.4. The van der Waals surface area contributed by atoms with Crippen molar-refractivity contribution in [2.24, 2.45) is 5.73 Å². The van der Waals surface area contributed by atoms with Crippen LogP contribution in [0.25, 0.3) is 11.0 Å². The van der Waals surface area contributed by atoms with Gasteiger partial charge >= 0.3 is 0 Å².